The van der Waals surface area contributed by atoms with E-state index in [4.69, 9.17) is 15.2 Å². The molecule has 2 N–H and O–H groups in total. The average molecular weight is 393 g/mol. The number of rotatable bonds is 3. The number of aromatic nitrogens is 1. The number of hydrogen-bond acceptors (Lipinski definition) is 6. The van der Waals surface area contributed by atoms with Gasteiger partial charge in [0.1, 0.15) is 11.9 Å². The van der Waals surface area contributed by atoms with Crippen molar-refractivity contribution in [2.75, 3.05) is 43.5 Å². The molecule has 0 unspecified atom stereocenters. The maximum Gasteiger partial charge on any atom is 0.142 e. The minimum absolute atomic E-state index is 0.201. The van der Waals surface area contributed by atoms with E-state index in [1.165, 1.54) is 5.69 Å². The highest BCUT2D eigenvalue weighted by atomic mass is 16.5. The Bertz CT molecular complexity index is 912. The first kappa shape index (κ1) is 19.7. The molecule has 152 valence electrons. The average Bonchev–Trinajstić information content (AvgIpc) is 2.73. The van der Waals surface area contributed by atoms with Gasteiger partial charge in [-0.1, -0.05) is 12.1 Å². The van der Waals surface area contributed by atoms with Gasteiger partial charge in [-0.25, -0.2) is 4.98 Å². The van der Waals surface area contributed by atoms with Crippen molar-refractivity contribution in [3.05, 3.63) is 41.5 Å². The summed E-state index contributed by atoms with van der Waals surface area (Å²) in [6.45, 7) is 8.23. The van der Waals surface area contributed by atoms with E-state index in [2.05, 4.69) is 54.1 Å². The Morgan fingerprint density at radius 1 is 1.17 bits per heavy atom. The van der Waals surface area contributed by atoms with Crippen molar-refractivity contribution in [1.29, 1.82) is 5.26 Å². The van der Waals surface area contributed by atoms with Crippen molar-refractivity contribution < 1.29 is 9.47 Å². The number of anilines is 2. The maximum atomic E-state index is 9.69. The molecule has 29 heavy (non-hydrogen) atoms. The summed E-state index contributed by atoms with van der Waals surface area (Å²) in [7, 11) is 0. The van der Waals surface area contributed by atoms with E-state index < -0.39 is 0 Å². The molecule has 2 aliphatic heterocycles. The third-order valence-corrected chi connectivity index (χ3v) is 5.87. The number of pyridine rings is 1. The molecule has 3 heterocycles. The summed E-state index contributed by atoms with van der Waals surface area (Å²) >= 11 is 0. The predicted octanol–water partition coefficient (Wildman–Crippen LogP) is 3.71. The van der Waals surface area contributed by atoms with Gasteiger partial charge in [0.05, 0.1) is 30.1 Å². The fourth-order valence-electron chi connectivity index (χ4n) is 4.34. The summed E-state index contributed by atoms with van der Waals surface area (Å²) in [5, 5.41) is 9.69. The molecular formula is C23H28N4O2. The van der Waals surface area contributed by atoms with Crippen LogP contribution in [0, 0.1) is 11.3 Å². The van der Waals surface area contributed by atoms with Gasteiger partial charge < -0.3 is 20.1 Å². The van der Waals surface area contributed by atoms with E-state index >= 15 is 0 Å². The largest absolute Gasteiger partial charge is 0.383 e. The van der Waals surface area contributed by atoms with Crippen LogP contribution >= 0.6 is 0 Å². The first-order valence-corrected chi connectivity index (χ1v) is 10.2. The van der Waals surface area contributed by atoms with Crippen molar-refractivity contribution in [2.24, 2.45) is 0 Å². The molecule has 4 rings (SSSR count). The van der Waals surface area contributed by atoms with Crippen molar-refractivity contribution in [1.82, 2.24) is 4.98 Å². The lowest BCUT2D eigenvalue weighted by Gasteiger charge is -2.36. The van der Waals surface area contributed by atoms with Gasteiger partial charge in [0.25, 0.3) is 0 Å². The fraction of sp³-hybridized carbons (Fsp3) is 0.478. The van der Waals surface area contributed by atoms with Gasteiger partial charge in [-0.05, 0) is 56.4 Å². The van der Waals surface area contributed by atoms with E-state index in [9.17, 15) is 5.26 Å². The van der Waals surface area contributed by atoms with Crippen LogP contribution in [-0.2, 0) is 9.47 Å². The highest BCUT2D eigenvalue weighted by Gasteiger charge is 2.32. The zero-order valence-corrected chi connectivity index (χ0v) is 17.1. The number of hydrogen-bond donors (Lipinski definition) is 1. The minimum atomic E-state index is -0.201. The third-order valence-electron chi connectivity index (χ3n) is 5.87. The first-order chi connectivity index (χ1) is 14.0. The molecule has 1 aromatic heterocycles. The smallest absolute Gasteiger partial charge is 0.142 e. The Hall–Kier alpha value is -2.62. The number of morpholine rings is 1. The van der Waals surface area contributed by atoms with E-state index in [-0.39, 0.29) is 11.5 Å². The highest BCUT2D eigenvalue weighted by Crippen LogP contribution is 2.39. The molecule has 6 heteroatoms. The van der Waals surface area contributed by atoms with Crippen LogP contribution in [0.3, 0.4) is 0 Å². The van der Waals surface area contributed by atoms with Crippen molar-refractivity contribution in [3.8, 4) is 17.3 Å². The maximum absolute atomic E-state index is 9.69. The van der Waals surface area contributed by atoms with Crippen LogP contribution in [0.25, 0.3) is 11.3 Å². The Morgan fingerprint density at radius 3 is 2.55 bits per heavy atom. The summed E-state index contributed by atoms with van der Waals surface area (Å²) in [6, 6.07) is 12.7. The third kappa shape index (κ3) is 4.21. The molecule has 1 atom stereocenters. The summed E-state index contributed by atoms with van der Waals surface area (Å²) in [4.78, 5) is 6.86. The van der Waals surface area contributed by atoms with Gasteiger partial charge >= 0.3 is 0 Å². The van der Waals surface area contributed by atoms with Gasteiger partial charge in [0, 0.05) is 30.9 Å². The summed E-state index contributed by atoms with van der Waals surface area (Å²) in [5.41, 5.74) is 10.5. The van der Waals surface area contributed by atoms with Gasteiger partial charge in [0.2, 0.25) is 0 Å². The molecule has 0 saturated carbocycles. The molecule has 0 radical (unpaired) electrons. The highest BCUT2D eigenvalue weighted by molar-refractivity contribution is 5.68. The normalized spacial score (nSPS) is 21.6. The molecule has 2 aromatic rings. The van der Waals surface area contributed by atoms with Gasteiger partial charge in [0.15, 0.2) is 0 Å². The Balaban J connectivity index is 1.66. The lowest BCUT2D eigenvalue weighted by atomic mass is 9.81. The van der Waals surface area contributed by atoms with Crippen LogP contribution in [-0.4, -0.2) is 43.5 Å². The predicted molar refractivity (Wildman–Crippen MR) is 114 cm³/mol. The minimum Gasteiger partial charge on any atom is -0.383 e. The molecule has 2 fully saturated rings. The Kier molecular flexibility index (Phi) is 5.44. The molecule has 1 aromatic carbocycles. The lowest BCUT2D eigenvalue weighted by molar-refractivity contribution is -0.0593. The van der Waals surface area contributed by atoms with Gasteiger partial charge in [-0.2, -0.15) is 5.26 Å². The molecule has 6 nitrogen and oxygen atoms in total. The molecule has 0 aliphatic carbocycles. The zero-order chi connectivity index (χ0) is 20.4. The van der Waals surface area contributed by atoms with Crippen LogP contribution in [0.1, 0.15) is 43.7 Å². The van der Waals surface area contributed by atoms with Crippen LogP contribution in [0.4, 0.5) is 11.5 Å². The van der Waals surface area contributed by atoms with Gasteiger partial charge in [-0.3, -0.25) is 0 Å². The number of nitrogens with zero attached hydrogens (tertiary/aromatic N) is 3. The molecule has 2 saturated heterocycles. The number of nitrogen functional groups attached to an aromatic ring is 1. The Morgan fingerprint density at radius 2 is 1.90 bits per heavy atom. The summed E-state index contributed by atoms with van der Waals surface area (Å²) in [6.07, 6.45) is 1.75. The van der Waals surface area contributed by atoms with E-state index in [1.54, 1.807) is 0 Å². The quantitative estimate of drug-likeness (QED) is 0.857. The monoisotopic (exact) mass is 392 g/mol. The van der Waals surface area contributed by atoms with Crippen LogP contribution in [0.5, 0.6) is 0 Å². The molecule has 0 amide bonds. The SMILES string of the molecule is CC1(C)C[C@@H](c2cc(-c3ccc(N4CCOCC4)cc3)nc(N)c2C#N)CCO1. The van der Waals surface area contributed by atoms with Crippen LogP contribution in [0.2, 0.25) is 0 Å². The second-order valence-corrected chi connectivity index (χ2v) is 8.41. The van der Waals surface area contributed by atoms with Crippen molar-refractivity contribution in [3.63, 3.8) is 0 Å². The van der Waals surface area contributed by atoms with Crippen molar-refractivity contribution >= 4 is 11.5 Å². The zero-order valence-electron chi connectivity index (χ0n) is 17.1. The van der Waals surface area contributed by atoms with E-state index in [0.717, 1.165) is 56.0 Å². The van der Waals surface area contributed by atoms with E-state index in [0.29, 0.717) is 18.0 Å². The first-order valence-electron chi connectivity index (χ1n) is 10.2. The number of nitrogens with two attached hydrogens (primary N) is 1. The topological polar surface area (TPSA) is 84.4 Å². The summed E-state index contributed by atoms with van der Waals surface area (Å²) < 4.78 is 11.3. The molecule has 0 bridgehead atoms. The van der Waals surface area contributed by atoms with Crippen molar-refractivity contribution in [2.45, 2.75) is 38.2 Å². The number of benzene rings is 1. The second kappa shape index (κ2) is 8.02. The van der Waals surface area contributed by atoms with Gasteiger partial charge in [-0.15, -0.1) is 0 Å². The second-order valence-electron chi connectivity index (χ2n) is 8.41. The van der Waals surface area contributed by atoms with Crippen LogP contribution in [0.15, 0.2) is 30.3 Å². The standard InChI is InChI=1S/C23H28N4O2/c1-23(2)14-17(7-10-29-23)19-13-21(26-22(25)20(19)15-24)16-3-5-18(6-4-16)27-8-11-28-12-9-27/h3-6,13,17H,7-12,14H2,1-2H3,(H2,25,26)/t17-/m0/s1. The Labute approximate surface area is 172 Å². The lowest BCUT2D eigenvalue weighted by Crippen LogP contribution is -2.36. The molecular weight excluding hydrogens is 364 g/mol. The number of ether oxygens (including phenoxy) is 2. The fourth-order valence-corrected chi connectivity index (χ4v) is 4.34. The molecule has 2 aliphatic rings. The molecule has 0 spiro atoms. The van der Waals surface area contributed by atoms with Crippen LogP contribution < -0.4 is 10.6 Å². The van der Waals surface area contributed by atoms with E-state index in [1.807, 2.05) is 6.07 Å². The summed E-state index contributed by atoms with van der Waals surface area (Å²) in [5.74, 6) is 0.548. The number of nitriles is 1.